The van der Waals surface area contributed by atoms with Crippen LogP contribution in [-0.4, -0.2) is 59.2 Å². The van der Waals surface area contributed by atoms with E-state index in [4.69, 9.17) is 4.74 Å². The van der Waals surface area contributed by atoms with Gasteiger partial charge in [-0.25, -0.2) is 4.79 Å². The van der Waals surface area contributed by atoms with Gasteiger partial charge < -0.3 is 19.1 Å². The predicted molar refractivity (Wildman–Crippen MR) is 94.7 cm³/mol. The number of hydrogen-bond acceptors (Lipinski definition) is 4. The molecule has 2 amide bonds. The molecule has 0 aliphatic carbocycles. The number of nitrogens with zero attached hydrogens (tertiary/aromatic N) is 3. The molecule has 1 saturated heterocycles. The third-order valence-electron chi connectivity index (χ3n) is 4.25. The van der Waals surface area contributed by atoms with E-state index < -0.39 is 0 Å². The second kappa shape index (κ2) is 6.84. The Morgan fingerprint density at radius 2 is 1.83 bits per heavy atom. The van der Waals surface area contributed by atoms with Crippen molar-refractivity contribution in [2.45, 2.75) is 26.8 Å². The van der Waals surface area contributed by atoms with Crippen molar-refractivity contribution in [3.63, 3.8) is 0 Å². The molecule has 0 radical (unpaired) electrons. The maximum absolute atomic E-state index is 12.7. The molecule has 0 bridgehead atoms. The van der Waals surface area contributed by atoms with Crippen molar-refractivity contribution >= 4 is 33.4 Å². The highest BCUT2D eigenvalue weighted by Crippen LogP contribution is 2.29. The highest BCUT2D eigenvalue weighted by atomic mass is 32.1. The topological polar surface area (TPSA) is 54.8 Å². The summed E-state index contributed by atoms with van der Waals surface area (Å²) in [6.07, 6.45) is 3.89. The molecule has 0 unspecified atom stereocenters. The van der Waals surface area contributed by atoms with E-state index in [2.05, 4.69) is 30.8 Å². The van der Waals surface area contributed by atoms with Crippen LogP contribution >= 0.6 is 11.3 Å². The van der Waals surface area contributed by atoms with Crippen molar-refractivity contribution in [3.05, 3.63) is 23.3 Å². The summed E-state index contributed by atoms with van der Waals surface area (Å²) in [7, 11) is 0. The van der Waals surface area contributed by atoms with E-state index in [1.54, 1.807) is 11.8 Å². The fourth-order valence-corrected chi connectivity index (χ4v) is 3.86. The van der Waals surface area contributed by atoms with Gasteiger partial charge in [-0.2, -0.15) is 0 Å². The molecule has 1 aliphatic heterocycles. The molecule has 0 atom stereocenters. The second-order valence-corrected chi connectivity index (χ2v) is 7.29. The van der Waals surface area contributed by atoms with Crippen LogP contribution in [0.1, 0.15) is 36.5 Å². The molecule has 0 saturated carbocycles. The van der Waals surface area contributed by atoms with Gasteiger partial charge in [0.2, 0.25) is 0 Å². The van der Waals surface area contributed by atoms with Gasteiger partial charge in [0.25, 0.3) is 5.91 Å². The van der Waals surface area contributed by atoms with Crippen molar-refractivity contribution in [1.29, 1.82) is 0 Å². The molecule has 0 N–H and O–H groups in total. The smallest absolute Gasteiger partial charge is 0.409 e. The molecule has 130 valence electrons. The van der Waals surface area contributed by atoms with Crippen LogP contribution in [0.5, 0.6) is 0 Å². The molecule has 2 aromatic rings. The number of aromatic nitrogens is 1. The Morgan fingerprint density at radius 3 is 2.42 bits per heavy atom. The molecule has 6 nitrogen and oxygen atoms in total. The van der Waals surface area contributed by atoms with Crippen LogP contribution in [-0.2, 0) is 4.74 Å². The lowest BCUT2D eigenvalue weighted by Crippen LogP contribution is -2.50. The lowest BCUT2D eigenvalue weighted by molar-refractivity contribution is 0.0574. The predicted octanol–water partition coefficient (Wildman–Crippen LogP) is 3.20. The van der Waals surface area contributed by atoms with E-state index in [9.17, 15) is 9.59 Å². The molecule has 1 aliphatic rings. The Kier molecular flexibility index (Phi) is 4.80. The first-order valence-electron chi connectivity index (χ1n) is 8.31. The normalized spacial score (nSPS) is 15.3. The van der Waals surface area contributed by atoms with Crippen LogP contribution < -0.4 is 0 Å². The molecule has 24 heavy (non-hydrogen) atoms. The Labute approximate surface area is 145 Å². The molecule has 7 heteroatoms. The summed E-state index contributed by atoms with van der Waals surface area (Å²) in [4.78, 5) is 28.6. The van der Waals surface area contributed by atoms with E-state index in [1.807, 2.05) is 11.0 Å². The summed E-state index contributed by atoms with van der Waals surface area (Å²) < 4.78 is 8.30. The van der Waals surface area contributed by atoms with E-state index in [0.29, 0.717) is 38.8 Å². The number of carbonyl (C=O) groups excluding carboxylic acids is 2. The molecule has 1 fully saturated rings. The summed E-state index contributed by atoms with van der Waals surface area (Å²) in [5, 5.41) is 1.11. The number of amides is 2. The van der Waals surface area contributed by atoms with Crippen LogP contribution in [0.2, 0.25) is 0 Å². The minimum absolute atomic E-state index is 0.0517. The average molecular weight is 349 g/mol. The third kappa shape index (κ3) is 3.26. The molecular weight excluding hydrogens is 326 g/mol. The van der Waals surface area contributed by atoms with Crippen LogP contribution in [0, 0.1) is 0 Å². The number of ether oxygens (including phenoxy) is 1. The molecule has 2 aromatic heterocycles. The third-order valence-corrected chi connectivity index (χ3v) is 5.32. The van der Waals surface area contributed by atoms with E-state index in [-0.39, 0.29) is 12.0 Å². The van der Waals surface area contributed by atoms with Gasteiger partial charge in [0.1, 0.15) is 0 Å². The maximum atomic E-state index is 12.7. The summed E-state index contributed by atoms with van der Waals surface area (Å²) in [6.45, 7) is 8.58. The van der Waals surface area contributed by atoms with Crippen molar-refractivity contribution in [2.24, 2.45) is 0 Å². The second-order valence-electron chi connectivity index (χ2n) is 6.21. The van der Waals surface area contributed by atoms with Gasteiger partial charge in [0, 0.05) is 50.0 Å². The summed E-state index contributed by atoms with van der Waals surface area (Å²) in [6, 6.07) is 2.39. The molecule has 3 rings (SSSR count). The van der Waals surface area contributed by atoms with E-state index in [0.717, 1.165) is 15.0 Å². The van der Waals surface area contributed by atoms with Gasteiger partial charge in [0.15, 0.2) is 0 Å². The summed E-state index contributed by atoms with van der Waals surface area (Å²) >= 11 is 1.54. The van der Waals surface area contributed by atoms with Crippen LogP contribution in [0.3, 0.4) is 0 Å². The van der Waals surface area contributed by atoms with Gasteiger partial charge in [-0.15, -0.1) is 11.3 Å². The lowest BCUT2D eigenvalue weighted by Gasteiger charge is -2.33. The van der Waals surface area contributed by atoms with Crippen molar-refractivity contribution in [2.75, 3.05) is 32.8 Å². The zero-order valence-corrected chi connectivity index (χ0v) is 15.1. The number of carbonyl (C=O) groups is 2. The van der Waals surface area contributed by atoms with Gasteiger partial charge in [-0.1, -0.05) is 0 Å². The quantitative estimate of drug-likeness (QED) is 0.855. The Balaban J connectivity index is 1.65. The number of piperazine rings is 1. The minimum Gasteiger partial charge on any atom is -0.450 e. The summed E-state index contributed by atoms with van der Waals surface area (Å²) in [5.74, 6) is 0.0517. The van der Waals surface area contributed by atoms with Crippen LogP contribution in [0.25, 0.3) is 10.1 Å². The number of hydrogen-bond donors (Lipinski definition) is 0. The lowest BCUT2D eigenvalue weighted by atomic mass is 10.3. The summed E-state index contributed by atoms with van der Waals surface area (Å²) in [5.41, 5.74) is 0. The Hall–Kier alpha value is -2.02. The standard InChI is InChI=1S/C17H23N3O3S/c1-4-23-17(22)19-7-5-18(6-8-19)16(21)14-9-13-10-20(12(2)3)11-15(13)24-14/h9-12H,4-8H2,1-3H3. The SMILES string of the molecule is CCOC(=O)N1CCN(C(=O)c2cc3cn(C(C)C)cc3s2)CC1. The highest BCUT2D eigenvalue weighted by Gasteiger charge is 2.26. The zero-order chi connectivity index (χ0) is 17.3. The maximum Gasteiger partial charge on any atom is 0.409 e. The number of fused-ring (bicyclic) bond motifs is 1. The molecule has 0 spiro atoms. The van der Waals surface area contributed by atoms with E-state index >= 15 is 0 Å². The number of rotatable bonds is 3. The number of thiophene rings is 1. The van der Waals surface area contributed by atoms with Crippen molar-refractivity contribution < 1.29 is 14.3 Å². The highest BCUT2D eigenvalue weighted by molar-refractivity contribution is 7.20. The van der Waals surface area contributed by atoms with Gasteiger partial charge in [-0.3, -0.25) is 4.79 Å². The van der Waals surface area contributed by atoms with Crippen molar-refractivity contribution in [1.82, 2.24) is 14.4 Å². The minimum atomic E-state index is -0.294. The first-order valence-corrected chi connectivity index (χ1v) is 9.13. The fourth-order valence-electron chi connectivity index (χ4n) is 2.82. The first-order chi connectivity index (χ1) is 11.5. The largest absolute Gasteiger partial charge is 0.450 e. The van der Waals surface area contributed by atoms with Crippen LogP contribution in [0.4, 0.5) is 4.79 Å². The molecule has 3 heterocycles. The Morgan fingerprint density at radius 1 is 1.17 bits per heavy atom. The van der Waals surface area contributed by atoms with Gasteiger partial charge >= 0.3 is 6.09 Å². The van der Waals surface area contributed by atoms with Gasteiger partial charge in [-0.05, 0) is 26.8 Å². The van der Waals surface area contributed by atoms with Crippen molar-refractivity contribution in [3.8, 4) is 0 Å². The molecular formula is C17H23N3O3S. The van der Waals surface area contributed by atoms with Gasteiger partial charge in [0.05, 0.1) is 16.2 Å². The Bertz CT molecular complexity index is 710. The van der Waals surface area contributed by atoms with E-state index in [1.165, 1.54) is 11.3 Å². The monoisotopic (exact) mass is 349 g/mol. The first kappa shape index (κ1) is 16.8. The fraction of sp³-hybridized carbons (Fsp3) is 0.529. The van der Waals surface area contributed by atoms with Crippen LogP contribution in [0.15, 0.2) is 18.5 Å². The average Bonchev–Trinajstić information content (AvgIpc) is 3.13. The molecule has 0 aromatic carbocycles. The zero-order valence-electron chi connectivity index (χ0n) is 14.3.